The minimum absolute atomic E-state index is 0.0961. The SMILES string of the molecule is [2H]N([2H])S(=O)(=O)OC[C@@]12OC[C@H]3OC(C)(C)O[C@H]3[C@@H]1OC(C)(C)O2. The number of fused-ring (bicyclic) bond motifs is 3. The van der Waals surface area contributed by atoms with Gasteiger partial charge in [0.2, 0.25) is 5.79 Å². The van der Waals surface area contributed by atoms with E-state index in [9.17, 15) is 8.42 Å². The van der Waals surface area contributed by atoms with Gasteiger partial charge in [0.1, 0.15) is 27.7 Å². The second kappa shape index (κ2) is 4.84. The quantitative estimate of drug-likeness (QED) is 0.735. The van der Waals surface area contributed by atoms with E-state index in [1.807, 2.05) is 0 Å². The Labute approximate surface area is 132 Å². The Balaban J connectivity index is 1.85. The first-order valence-electron chi connectivity index (χ1n) is 7.80. The van der Waals surface area contributed by atoms with Gasteiger partial charge in [-0.2, -0.15) is 8.42 Å². The molecule has 3 fully saturated rings. The molecule has 9 nitrogen and oxygen atoms in total. The lowest BCUT2D eigenvalue weighted by Gasteiger charge is -2.40. The molecule has 0 aromatic heterocycles. The smallest absolute Gasteiger partial charge is 0.333 e. The van der Waals surface area contributed by atoms with Gasteiger partial charge in [-0.3, -0.25) is 4.18 Å². The van der Waals surface area contributed by atoms with Gasteiger partial charge in [0.05, 0.1) is 6.61 Å². The van der Waals surface area contributed by atoms with Crippen molar-refractivity contribution in [2.45, 2.75) is 63.4 Å². The normalized spacial score (nSPS) is 44.3. The molecule has 0 spiro atoms. The molecular formula is C12H21NO8S. The maximum atomic E-state index is 11.6. The molecule has 0 aromatic carbocycles. The third-order valence-electron chi connectivity index (χ3n) is 3.68. The molecule has 0 radical (unpaired) electrons. The zero-order chi connectivity index (χ0) is 18.0. The van der Waals surface area contributed by atoms with Gasteiger partial charge in [-0.1, -0.05) is 0 Å². The van der Waals surface area contributed by atoms with Crippen LogP contribution < -0.4 is 5.13 Å². The fourth-order valence-corrected chi connectivity index (χ4v) is 3.42. The van der Waals surface area contributed by atoms with E-state index in [1.165, 1.54) is 0 Å². The lowest BCUT2D eigenvalue weighted by atomic mass is 9.98. The summed E-state index contributed by atoms with van der Waals surface area (Å²) in [6, 6.07) is 0. The Hall–Kier alpha value is -0.330. The molecule has 0 saturated carbocycles. The molecule has 3 aliphatic rings. The average molecular weight is 341 g/mol. The number of rotatable bonds is 4. The molecule has 3 saturated heterocycles. The van der Waals surface area contributed by atoms with Crippen molar-refractivity contribution in [2.24, 2.45) is 5.13 Å². The molecule has 0 aromatic rings. The third-order valence-corrected chi connectivity index (χ3v) is 4.10. The van der Waals surface area contributed by atoms with Crippen molar-refractivity contribution < 1.29 is 39.1 Å². The van der Waals surface area contributed by atoms with Gasteiger partial charge in [-0.05, 0) is 27.7 Å². The van der Waals surface area contributed by atoms with Crippen LogP contribution in [0, 0.1) is 0 Å². The van der Waals surface area contributed by atoms with Crippen molar-refractivity contribution in [3.63, 3.8) is 0 Å². The first-order chi connectivity index (χ1) is 10.9. The largest absolute Gasteiger partial charge is 0.343 e. The van der Waals surface area contributed by atoms with Crippen LogP contribution in [0.3, 0.4) is 0 Å². The minimum Gasteiger partial charge on any atom is -0.343 e. The third kappa shape index (κ3) is 3.02. The summed E-state index contributed by atoms with van der Waals surface area (Å²) in [5.41, 5.74) is 0. The number of nitrogens with two attached hydrogens (primary N) is 1. The van der Waals surface area contributed by atoms with E-state index < -0.39 is 57.7 Å². The van der Waals surface area contributed by atoms with Gasteiger partial charge in [-0.25, -0.2) is 5.13 Å². The highest BCUT2D eigenvalue weighted by molar-refractivity contribution is 7.84. The van der Waals surface area contributed by atoms with Crippen LogP contribution in [-0.4, -0.2) is 57.3 Å². The summed E-state index contributed by atoms with van der Waals surface area (Å²) in [4.78, 5) is 0. The van der Waals surface area contributed by atoms with Gasteiger partial charge in [0, 0.05) is 0 Å². The average Bonchev–Trinajstić information content (AvgIpc) is 2.88. The molecule has 4 atom stereocenters. The van der Waals surface area contributed by atoms with E-state index in [2.05, 4.69) is 0 Å². The van der Waals surface area contributed by atoms with Gasteiger partial charge in [-0.15, -0.1) is 0 Å². The summed E-state index contributed by atoms with van der Waals surface area (Å²) in [6.07, 6.45) is -1.73. The maximum absolute atomic E-state index is 11.6. The topological polar surface area (TPSA) is 116 Å². The van der Waals surface area contributed by atoms with Crippen molar-refractivity contribution in [3.05, 3.63) is 0 Å². The Kier molecular flexibility index (Phi) is 3.09. The van der Waals surface area contributed by atoms with Gasteiger partial charge in [0.25, 0.3) is 0 Å². The molecule has 3 rings (SSSR count). The summed E-state index contributed by atoms with van der Waals surface area (Å²) in [5, 5.41) is -0.524. The molecule has 22 heavy (non-hydrogen) atoms. The standard InChI is InChI=1S/C12H21NO8S/c1-10(2)18-7-5-16-12(6-17-22(13,14)15)9(8(7)19-10)20-11(3,4)21-12/h7-9H,5-6H2,1-4H3,(H2,13,14,15)/t7-,8-,9+,12+/m1/s1/i/hD2. The molecule has 128 valence electrons. The van der Waals surface area contributed by atoms with Crippen LogP contribution in [0.1, 0.15) is 27.7 Å². The second-order valence-electron chi connectivity index (χ2n) is 6.49. The van der Waals surface area contributed by atoms with Gasteiger partial charge < -0.3 is 23.7 Å². The fourth-order valence-electron chi connectivity index (χ4n) is 3.10. The first-order valence-corrected chi connectivity index (χ1v) is 8.27. The Morgan fingerprint density at radius 3 is 2.64 bits per heavy atom. The minimum atomic E-state index is -4.54. The van der Waals surface area contributed by atoms with Crippen LogP contribution in [0.2, 0.25) is 2.82 Å². The lowest BCUT2D eigenvalue weighted by Crippen LogP contribution is -2.60. The molecule has 3 aliphatic heterocycles. The van der Waals surface area contributed by atoms with Crippen LogP contribution in [-0.2, 0) is 38.2 Å². The Morgan fingerprint density at radius 2 is 1.95 bits per heavy atom. The summed E-state index contributed by atoms with van der Waals surface area (Å²) >= 11 is 0. The van der Waals surface area contributed by atoms with E-state index in [1.54, 1.807) is 27.7 Å². The summed E-state index contributed by atoms with van der Waals surface area (Å²) in [5.74, 6) is -3.45. The van der Waals surface area contributed by atoms with E-state index >= 15 is 0 Å². The Bertz CT molecular complexity index is 612. The molecule has 0 unspecified atom stereocenters. The number of hydrogen-bond acceptors (Lipinski definition) is 8. The second-order valence-corrected chi connectivity index (χ2v) is 7.58. The highest BCUT2D eigenvalue weighted by Crippen LogP contribution is 2.47. The molecule has 10 heteroatoms. The fraction of sp³-hybridized carbons (Fsp3) is 1.00. The van der Waals surface area contributed by atoms with Crippen LogP contribution in [0.4, 0.5) is 0 Å². The van der Waals surface area contributed by atoms with Gasteiger partial charge >= 0.3 is 10.3 Å². The van der Waals surface area contributed by atoms with Crippen molar-refractivity contribution in [1.29, 1.82) is 0 Å². The monoisotopic (exact) mass is 341 g/mol. The van der Waals surface area contributed by atoms with E-state index in [0.29, 0.717) is 0 Å². The molecule has 0 bridgehead atoms. The summed E-state index contributed by atoms with van der Waals surface area (Å²) < 4.78 is 70.6. The maximum Gasteiger partial charge on any atom is 0.333 e. The predicted molar refractivity (Wildman–Crippen MR) is 71.6 cm³/mol. The van der Waals surface area contributed by atoms with Gasteiger partial charge in [0.15, 0.2) is 11.6 Å². The molecule has 2 N–H and O–H groups in total. The summed E-state index contributed by atoms with van der Waals surface area (Å²) in [6.45, 7) is 6.34. The summed E-state index contributed by atoms with van der Waals surface area (Å²) in [7, 11) is -4.54. The molecular weight excluding hydrogens is 318 g/mol. The molecule has 0 amide bonds. The first kappa shape index (κ1) is 14.1. The zero-order valence-corrected chi connectivity index (χ0v) is 13.6. The zero-order valence-electron chi connectivity index (χ0n) is 14.8. The van der Waals surface area contributed by atoms with Crippen molar-refractivity contribution >= 4 is 10.3 Å². The molecule has 0 aliphatic carbocycles. The van der Waals surface area contributed by atoms with Crippen LogP contribution in [0.25, 0.3) is 0 Å². The highest BCUT2D eigenvalue weighted by atomic mass is 32.2. The van der Waals surface area contributed by atoms with E-state index in [0.717, 1.165) is 0 Å². The van der Waals surface area contributed by atoms with Crippen molar-refractivity contribution in [3.8, 4) is 0 Å². The highest BCUT2D eigenvalue weighted by Gasteiger charge is 2.65. The number of hydrogen-bond donors (Lipinski definition) is 1. The molecule has 3 heterocycles. The predicted octanol–water partition coefficient (Wildman–Crippen LogP) is -0.395. The lowest BCUT2D eigenvalue weighted by molar-refractivity contribution is -0.290. The van der Waals surface area contributed by atoms with E-state index in [-0.39, 0.29) is 6.61 Å². The van der Waals surface area contributed by atoms with Crippen LogP contribution >= 0.6 is 0 Å². The van der Waals surface area contributed by atoms with Crippen LogP contribution in [0.5, 0.6) is 0 Å². The van der Waals surface area contributed by atoms with Crippen molar-refractivity contribution in [1.82, 2.24) is 0 Å². The van der Waals surface area contributed by atoms with E-state index in [4.69, 9.17) is 30.7 Å². The Morgan fingerprint density at radius 1 is 1.23 bits per heavy atom. The number of ether oxygens (including phenoxy) is 5. The van der Waals surface area contributed by atoms with Crippen LogP contribution in [0.15, 0.2) is 0 Å². The van der Waals surface area contributed by atoms with Crippen molar-refractivity contribution in [2.75, 3.05) is 13.2 Å².